The van der Waals surface area contributed by atoms with Crippen LogP contribution in [0.2, 0.25) is 0 Å². The van der Waals surface area contributed by atoms with Gasteiger partial charge in [-0.2, -0.15) is 5.26 Å². The van der Waals surface area contributed by atoms with Crippen molar-refractivity contribution in [2.24, 2.45) is 5.92 Å². The molecule has 0 aliphatic carbocycles. The molecule has 0 aliphatic rings. The molecule has 1 atom stereocenters. The number of halogens is 1. The van der Waals surface area contributed by atoms with E-state index in [2.05, 4.69) is 3.07 Å². The lowest BCUT2D eigenvalue weighted by Gasteiger charge is -1.92. The Labute approximate surface area is 61.3 Å². The molecule has 0 aliphatic heterocycles. The van der Waals surface area contributed by atoms with Gasteiger partial charge in [-0.25, -0.2) is 4.79 Å². The Morgan fingerprint density at radius 1 is 2.00 bits per heavy atom. The Morgan fingerprint density at radius 2 is 2.50 bits per heavy atom. The standard InChI is InChI=1S/C4H4INO2/c1-3(2-6)4(7)8-5/h3H,1H3. The number of nitrogens with zero attached hydrogens (tertiary/aromatic N) is 1. The zero-order valence-electron chi connectivity index (χ0n) is 4.22. The van der Waals surface area contributed by atoms with Gasteiger partial charge in [0, 0.05) is 0 Å². The molecule has 3 nitrogen and oxygen atoms in total. The minimum absolute atomic E-state index is 0.492. The fourth-order valence-corrected chi connectivity index (χ4v) is 0.501. The van der Waals surface area contributed by atoms with Crippen molar-refractivity contribution in [3.63, 3.8) is 0 Å². The molecule has 0 aromatic heterocycles. The number of nitriles is 1. The molecule has 0 heterocycles. The molecule has 0 N–H and O–H groups in total. The third-order valence-corrected chi connectivity index (χ3v) is 1.06. The largest absolute Gasteiger partial charge is 0.394 e. The highest BCUT2D eigenvalue weighted by atomic mass is 127. The van der Waals surface area contributed by atoms with Crippen molar-refractivity contribution in [1.29, 1.82) is 5.26 Å². The zero-order chi connectivity index (χ0) is 6.57. The van der Waals surface area contributed by atoms with Crippen LogP contribution in [0.5, 0.6) is 0 Å². The van der Waals surface area contributed by atoms with Gasteiger partial charge >= 0.3 is 5.97 Å². The summed E-state index contributed by atoms with van der Waals surface area (Å²) < 4.78 is 4.21. The monoisotopic (exact) mass is 225 g/mol. The van der Waals surface area contributed by atoms with E-state index in [1.807, 2.05) is 0 Å². The third kappa shape index (κ3) is 2.12. The van der Waals surface area contributed by atoms with Gasteiger partial charge in [0.15, 0.2) is 23.0 Å². The number of carbonyl (C=O) groups is 1. The molecule has 0 aromatic carbocycles. The van der Waals surface area contributed by atoms with Crippen LogP contribution in [-0.2, 0) is 7.86 Å². The van der Waals surface area contributed by atoms with E-state index >= 15 is 0 Å². The molecular formula is C4H4INO2. The highest BCUT2D eigenvalue weighted by Crippen LogP contribution is 1.98. The van der Waals surface area contributed by atoms with Crippen LogP contribution in [0.15, 0.2) is 0 Å². The van der Waals surface area contributed by atoms with Gasteiger partial charge in [0.25, 0.3) is 0 Å². The SMILES string of the molecule is CC(C#N)C(=O)OI. The topological polar surface area (TPSA) is 50.1 Å². The molecule has 44 valence electrons. The minimum atomic E-state index is -0.646. The molecular weight excluding hydrogens is 221 g/mol. The lowest BCUT2D eigenvalue weighted by atomic mass is 10.2. The Balaban J connectivity index is 3.68. The summed E-state index contributed by atoms with van der Waals surface area (Å²) in [4.78, 5) is 10.3. The van der Waals surface area contributed by atoms with Crippen molar-refractivity contribution < 1.29 is 7.86 Å². The van der Waals surface area contributed by atoms with Crippen LogP contribution in [0.25, 0.3) is 0 Å². The molecule has 0 saturated heterocycles. The quantitative estimate of drug-likeness (QED) is 0.626. The van der Waals surface area contributed by atoms with E-state index in [9.17, 15) is 4.79 Å². The van der Waals surface area contributed by atoms with Crippen LogP contribution in [0.3, 0.4) is 0 Å². The second-order valence-electron chi connectivity index (χ2n) is 1.25. The summed E-state index contributed by atoms with van der Waals surface area (Å²) in [7, 11) is 0. The lowest BCUT2D eigenvalue weighted by Crippen LogP contribution is -2.06. The van der Waals surface area contributed by atoms with Gasteiger partial charge in [0.05, 0.1) is 6.07 Å². The summed E-state index contributed by atoms with van der Waals surface area (Å²) in [6.45, 7) is 1.49. The smallest absolute Gasteiger partial charge is 0.332 e. The minimum Gasteiger partial charge on any atom is -0.394 e. The number of hydrogen-bond donors (Lipinski definition) is 0. The summed E-state index contributed by atoms with van der Waals surface area (Å²) in [6.07, 6.45) is 0. The highest BCUT2D eigenvalue weighted by molar-refractivity contribution is 14.1. The highest BCUT2D eigenvalue weighted by Gasteiger charge is 2.10. The van der Waals surface area contributed by atoms with Crippen molar-refractivity contribution in [2.45, 2.75) is 6.92 Å². The maximum atomic E-state index is 10.3. The maximum absolute atomic E-state index is 10.3. The van der Waals surface area contributed by atoms with Gasteiger partial charge in [-0.05, 0) is 6.92 Å². The Hall–Kier alpha value is -0.310. The summed E-state index contributed by atoms with van der Waals surface area (Å²) in [5.74, 6) is -1.14. The summed E-state index contributed by atoms with van der Waals surface area (Å²) >= 11 is 1.45. The first-order valence-electron chi connectivity index (χ1n) is 1.94. The van der Waals surface area contributed by atoms with Gasteiger partial charge in [-0.15, -0.1) is 0 Å². The van der Waals surface area contributed by atoms with Crippen molar-refractivity contribution in [1.82, 2.24) is 0 Å². The van der Waals surface area contributed by atoms with E-state index in [1.54, 1.807) is 6.07 Å². The van der Waals surface area contributed by atoms with E-state index in [-0.39, 0.29) is 0 Å². The Kier molecular flexibility index (Phi) is 3.52. The van der Waals surface area contributed by atoms with Gasteiger partial charge in [0.1, 0.15) is 5.92 Å². The molecule has 0 amide bonds. The second kappa shape index (κ2) is 3.66. The number of carbonyl (C=O) groups excluding carboxylic acids is 1. The van der Waals surface area contributed by atoms with Crippen molar-refractivity contribution in [3.05, 3.63) is 0 Å². The molecule has 4 heteroatoms. The van der Waals surface area contributed by atoms with Crippen molar-refractivity contribution in [3.8, 4) is 6.07 Å². The fraction of sp³-hybridized carbons (Fsp3) is 0.500. The molecule has 0 saturated carbocycles. The van der Waals surface area contributed by atoms with Crippen LogP contribution in [-0.4, -0.2) is 5.97 Å². The van der Waals surface area contributed by atoms with Crippen LogP contribution in [0.1, 0.15) is 6.92 Å². The zero-order valence-corrected chi connectivity index (χ0v) is 6.38. The predicted molar refractivity (Wildman–Crippen MR) is 34.9 cm³/mol. The van der Waals surface area contributed by atoms with Crippen LogP contribution in [0, 0.1) is 17.2 Å². The molecule has 1 unspecified atom stereocenters. The summed E-state index contributed by atoms with van der Waals surface area (Å²) in [5, 5.41) is 8.08. The van der Waals surface area contributed by atoms with Crippen LogP contribution >= 0.6 is 23.0 Å². The second-order valence-corrected chi connectivity index (χ2v) is 1.69. The van der Waals surface area contributed by atoms with E-state index in [4.69, 9.17) is 5.26 Å². The first kappa shape index (κ1) is 7.69. The number of hydrogen-bond acceptors (Lipinski definition) is 3. The van der Waals surface area contributed by atoms with Crippen LogP contribution < -0.4 is 0 Å². The van der Waals surface area contributed by atoms with Crippen molar-refractivity contribution in [2.75, 3.05) is 0 Å². The van der Waals surface area contributed by atoms with Gasteiger partial charge in [0.2, 0.25) is 0 Å². The molecule has 0 rings (SSSR count). The maximum Gasteiger partial charge on any atom is 0.332 e. The lowest BCUT2D eigenvalue weighted by molar-refractivity contribution is -0.133. The third-order valence-electron chi connectivity index (χ3n) is 0.623. The predicted octanol–water partition coefficient (Wildman–Crippen LogP) is 1.04. The van der Waals surface area contributed by atoms with Crippen molar-refractivity contribution >= 4 is 29.0 Å². The molecule has 0 spiro atoms. The molecule has 0 radical (unpaired) electrons. The first-order chi connectivity index (χ1) is 3.72. The van der Waals surface area contributed by atoms with E-state index in [0.29, 0.717) is 0 Å². The molecule has 0 bridgehead atoms. The molecule has 0 aromatic rings. The average Bonchev–Trinajstić information content (AvgIpc) is 1.84. The van der Waals surface area contributed by atoms with E-state index in [0.717, 1.165) is 0 Å². The fourth-order valence-electron chi connectivity index (χ4n) is 0.120. The van der Waals surface area contributed by atoms with E-state index in [1.165, 1.54) is 29.9 Å². The Morgan fingerprint density at radius 3 is 2.62 bits per heavy atom. The van der Waals surface area contributed by atoms with Gasteiger partial charge in [-0.1, -0.05) is 0 Å². The average molecular weight is 225 g/mol. The van der Waals surface area contributed by atoms with Gasteiger partial charge in [-0.3, -0.25) is 0 Å². The van der Waals surface area contributed by atoms with E-state index < -0.39 is 11.9 Å². The summed E-state index contributed by atoms with van der Waals surface area (Å²) in [5.41, 5.74) is 0. The number of rotatable bonds is 1. The Bertz CT molecular complexity index is 128. The first-order valence-corrected chi connectivity index (χ1v) is 2.82. The molecule has 8 heavy (non-hydrogen) atoms. The van der Waals surface area contributed by atoms with Crippen LogP contribution in [0.4, 0.5) is 0 Å². The normalized spacial score (nSPS) is 11.6. The van der Waals surface area contributed by atoms with Gasteiger partial charge < -0.3 is 3.07 Å². The summed E-state index contributed by atoms with van der Waals surface area (Å²) in [6, 6.07) is 1.74. The molecule has 0 fully saturated rings.